The van der Waals surface area contributed by atoms with E-state index in [0.29, 0.717) is 23.7 Å². The zero-order chi connectivity index (χ0) is 19.6. The number of nitrogens with two attached hydrogens (primary N) is 1. The van der Waals surface area contributed by atoms with Crippen molar-refractivity contribution >= 4 is 11.3 Å². The first-order valence-electron chi connectivity index (χ1n) is 9.58. The summed E-state index contributed by atoms with van der Waals surface area (Å²) in [5.74, 6) is 1.78. The van der Waals surface area contributed by atoms with Crippen molar-refractivity contribution in [2.24, 2.45) is 5.92 Å². The lowest BCUT2D eigenvalue weighted by Gasteiger charge is -2.24. The van der Waals surface area contributed by atoms with E-state index in [1.807, 2.05) is 17.5 Å². The van der Waals surface area contributed by atoms with Gasteiger partial charge >= 0.3 is 0 Å². The highest BCUT2D eigenvalue weighted by molar-refractivity contribution is 7.13. The Hall–Kier alpha value is -1.98. The Morgan fingerprint density at radius 3 is 2.26 bits per heavy atom. The van der Waals surface area contributed by atoms with Crippen molar-refractivity contribution in [1.29, 1.82) is 0 Å². The number of benzene rings is 1. The van der Waals surface area contributed by atoms with Crippen molar-refractivity contribution < 1.29 is 9.73 Å². The summed E-state index contributed by atoms with van der Waals surface area (Å²) in [7, 11) is 0. The van der Waals surface area contributed by atoms with Crippen molar-refractivity contribution in [2.75, 3.05) is 0 Å². The molecule has 0 aliphatic rings. The molecule has 0 saturated heterocycles. The Morgan fingerprint density at radius 2 is 1.70 bits per heavy atom. The van der Waals surface area contributed by atoms with E-state index >= 15 is 0 Å². The fraction of sp³-hybridized carbons (Fsp3) is 0.455. The van der Waals surface area contributed by atoms with E-state index in [2.05, 4.69) is 81.3 Å². The van der Waals surface area contributed by atoms with Crippen LogP contribution in [0.15, 0.2) is 46.2 Å². The van der Waals surface area contributed by atoms with Gasteiger partial charge in [0.25, 0.3) is 11.8 Å². The highest BCUT2D eigenvalue weighted by atomic mass is 32.1. The van der Waals surface area contributed by atoms with E-state index < -0.39 is 0 Å². The minimum atomic E-state index is 0.0981. The fourth-order valence-corrected chi connectivity index (χ4v) is 3.88. The number of nitrogens with zero attached hydrogens (tertiary/aromatic N) is 2. The van der Waals surface area contributed by atoms with Gasteiger partial charge in [0, 0.05) is 11.5 Å². The second kappa shape index (κ2) is 7.95. The normalized spacial score (nSPS) is 14.5. The summed E-state index contributed by atoms with van der Waals surface area (Å²) in [5, 5.41) is 12.9. The Kier molecular flexibility index (Phi) is 5.82. The maximum Gasteiger partial charge on any atom is 0.274 e. The third-order valence-corrected chi connectivity index (χ3v) is 5.80. The second-order valence-electron chi connectivity index (χ2n) is 8.55. The summed E-state index contributed by atoms with van der Waals surface area (Å²) >= 11 is 1.61. The van der Waals surface area contributed by atoms with Gasteiger partial charge in [0.1, 0.15) is 6.04 Å². The van der Waals surface area contributed by atoms with Crippen LogP contribution < -0.4 is 5.32 Å². The number of hydrogen-bond acceptors (Lipinski definition) is 4. The van der Waals surface area contributed by atoms with Crippen LogP contribution in [0.2, 0.25) is 0 Å². The van der Waals surface area contributed by atoms with Crippen molar-refractivity contribution in [1.82, 2.24) is 10.2 Å². The molecular formula is C22H30N3OS+. The van der Waals surface area contributed by atoms with Gasteiger partial charge in [0.2, 0.25) is 0 Å². The Morgan fingerprint density at radius 1 is 1.00 bits per heavy atom. The third-order valence-electron chi connectivity index (χ3n) is 4.94. The Bertz CT molecular complexity index is 845. The van der Waals surface area contributed by atoms with Crippen molar-refractivity contribution in [3.05, 3.63) is 58.8 Å². The van der Waals surface area contributed by atoms with Crippen LogP contribution in [0.4, 0.5) is 0 Å². The number of hydrogen-bond donors (Lipinski definition) is 1. The second-order valence-corrected chi connectivity index (χ2v) is 9.49. The number of quaternary nitrogens is 1. The van der Waals surface area contributed by atoms with Gasteiger partial charge in [-0.15, -0.1) is 21.5 Å². The van der Waals surface area contributed by atoms with Gasteiger partial charge in [0.15, 0.2) is 6.04 Å². The van der Waals surface area contributed by atoms with Crippen LogP contribution in [-0.4, -0.2) is 10.2 Å². The molecule has 3 aromatic rings. The summed E-state index contributed by atoms with van der Waals surface area (Å²) in [6.07, 6.45) is 0. The van der Waals surface area contributed by atoms with Gasteiger partial charge in [-0.1, -0.05) is 65.0 Å². The lowest BCUT2D eigenvalue weighted by atomic mass is 9.85. The number of thiophene rings is 1. The maximum absolute atomic E-state index is 5.93. The zero-order valence-electron chi connectivity index (χ0n) is 17.1. The molecule has 3 rings (SSSR count). The first-order valence-corrected chi connectivity index (χ1v) is 10.5. The molecule has 2 heterocycles. The van der Waals surface area contributed by atoms with Crippen molar-refractivity contribution in [2.45, 2.75) is 59.0 Å². The molecule has 2 atom stereocenters. The van der Waals surface area contributed by atoms with Gasteiger partial charge in [0.05, 0.1) is 4.88 Å². The SMILES string of the molecule is CC(C)[C@@H]([NH2+][C@@H](C)c1nnc(-c2cccs2)o1)c1ccc(C(C)(C)C)cc1. The molecular weight excluding hydrogens is 354 g/mol. The van der Waals surface area contributed by atoms with Crippen LogP contribution in [0, 0.1) is 5.92 Å². The smallest absolute Gasteiger partial charge is 0.274 e. The van der Waals surface area contributed by atoms with Crippen LogP contribution in [0.1, 0.15) is 70.6 Å². The van der Waals surface area contributed by atoms with E-state index in [1.165, 1.54) is 11.1 Å². The van der Waals surface area contributed by atoms with E-state index in [4.69, 9.17) is 4.42 Å². The van der Waals surface area contributed by atoms with Crippen LogP contribution in [0.5, 0.6) is 0 Å². The Labute approximate surface area is 166 Å². The molecule has 0 amide bonds. The first kappa shape index (κ1) is 19.8. The molecule has 27 heavy (non-hydrogen) atoms. The van der Waals surface area contributed by atoms with Crippen LogP contribution >= 0.6 is 11.3 Å². The maximum atomic E-state index is 5.93. The number of aromatic nitrogens is 2. The standard InChI is InChI=1S/C22H29N3OS/c1-14(2)19(16-9-11-17(12-10-16)22(4,5)6)23-15(3)20-24-25-21(26-20)18-8-7-13-27-18/h7-15,19,23H,1-6H3/p+1/t15-,19+/m0/s1. The molecule has 5 heteroatoms. The molecule has 2 N–H and O–H groups in total. The van der Waals surface area contributed by atoms with Crippen LogP contribution in [0.25, 0.3) is 10.8 Å². The monoisotopic (exact) mass is 384 g/mol. The third kappa shape index (κ3) is 4.66. The lowest BCUT2D eigenvalue weighted by Crippen LogP contribution is -2.86. The van der Waals surface area contributed by atoms with E-state index in [9.17, 15) is 0 Å². The van der Waals surface area contributed by atoms with Crippen LogP contribution in [-0.2, 0) is 5.41 Å². The Balaban J connectivity index is 1.76. The summed E-state index contributed by atoms with van der Waals surface area (Å²) in [6, 6.07) is 13.5. The average molecular weight is 385 g/mol. The van der Waals surface area contributed by atoms with Gasteiger partial charge in [-0.25, -0.2) is 0 Å². The largest absolute Gasteiger partial charge is 0.414 e. The molecule has 0 spiro atoms. The van der Waals surface area contributed by atoms with Gasteiger partial charge < -0.3 is 9.73 Å². The quantitative estimate of drug-likeness (QED) is 0.642. The molecule has 0 aliphatic carbocycles. The highest BCUT2D eigenvalue weighted by Gasteiger charge is 2.26. The van der Waals surface area contributed by atoms with E-state index in [1.54, 1.807) is 11.3 Å². The highest BCUT2D eigenvalue weighted by Crippen LogP contribution is 2.27. The van der Waals surface area contributed by atoms with E-state index in [0.717, 1.165) is 4.88 Å². The van der Waals surface area contributed by atoms with E-state index in [-0.39, 0.29) is 11.5 Å². The average Bonchev–Trinajstić information content (AvgIpc) is 3.29. The molecule has 0 radical (unpaired) electrons. The van der Waals surface area contributed by atoms with Crippen LogP contribution in [0.3, 0.4) is 0 Å². The van der Waals surface area contributed by atoms with Gasteiger partial charge in [-0.05, 0) is 29.3 Å². The fourth-order valence-electron chi connectivity index (χ4n) is 3.24. The summed E-state index contributed by atoms with van der Waals surface area (Å²) in [6.45, 7) is 13.4. The molecule has 0 fully saturated rings. The molecule has 0 aliphatic heterocycles. The zero-order valence-corrected chi connectivity index (χ0v) is 17.9. The lowest BCUT2D eigenvalue weighted by molar-refractivity contribution is -0.739. The van der Waals surface area contributed by atoms with Crippen molar-refractivity contribution in [3.8, 4) is 10.8 Å². The predicted molar refractivity (Wildman–Crippen MR) is 111 cm³/mol. The minimum Gasteiger partial charge on any atom is -0.414 e. The topological polar surface area (TPSA) is 55.5 Å². The number of rotatable bonds is 6. The first-order chi connectivity index (χ1) is 12.8. The summed E-state index contributed by atoms with van der Waals surface area (Å²) in [4.78, 5) is 1.01. The summed E-state index contributed by atoms with van der Waals surface area (Å²) < 4.78 is 5.93. The predicted octanol–water partition coefficient (Wildman–Crippen LogP) is 5.12. The molecule has 144 valence electrons. The van der Waals surface area contributed by atoms with Gasteiger partial charge in [-0.2, -0.15) is 0 Å². The van der Waals surface area contributed by atoms with Gasteiger partial charge in [-0.3, -0.25) is 0 Å². The van der Waals surface area contributed by atoms with Crippen molar-refractivity contribution in [3.63, 3.8) is 0 Å². The molecule has 4 nitrogen and oxygen atoms in total. The minimum absolute atomic E-state index is 0.0981. The molecule has 0 saturated carbocycles. The molecule has 0 bridgehead atoms. The molecule has 2 aromatic heterocycles. The molecule has 0 unspecified atom stereocenters. The summed E-state index contributed by atoms with van der Waals surface area (Å²) in [5.41, 5.74) is 2.87. The molecule has 1 aromatic carbocycles.